The molecule has 2 unspecified atom stereocenters. The second-order valence-corrected chi connectivity index (χ2v) is 16.7. The van der Waals surface area contributed by atoms with Gasteiger partial charge in [-0.05, 0) is 57.8 Å². The van der Waals surface area contributed by atoms with Crippen molar-refractivity contribution in [2.45, 2.75) is 200 Å². The van der Waals surface area contributed by atoms with Gasteiger partial charge in [0.25, 0.3) is 6.23 Å². The van der Waals surface area contributed by atoms with Crippen LogP contribution in [0.25, 0.3) is 0 Å². The number of unbranched alkanes of at least 4 members (excludes halogenated alkanes) is 18. The van der Waals surface area contributed by atoms with Gasteiger partial charge in [0.05, 0.1) is 34.2 Å². The Morgan fingerprint density at radius 2 is 1.12 bits per heavy atom. The van der Waals surface area contributed by atoms with Crippen molar-refractivity contribution in [1.82, 2.24) is 0 Å². The Bertz CT molecular complexity index is 964. The summed E-state index contributed by atoms with van der Waals surface area (Å²) in [6.07, 6.45) is 34.8. The molecule has 9 nitrogen and oxygen atoms in total. The third-order valence-electron chi connectivity index (χ3n) is 9.12. The van der Waals surface area contributed by atoms with E-state index in [4.69, 9.17) is 18.5 Å². The molecule has 0 saturated carbocycles. The lowest BCUT2D eigenvalue weighted by molar-refractivity contribution is -0.917. The van der Waals surface area contributed by atoms with Crippen LogP contribution in [-0.4, -0.2) is 68.0 Å². The lowest BCUT2D eigenvalue weighted by atomic mass is 10.0. The number of ether oxygens (including phenoxy) is 2. The minimum Gasteiger partial charge on any atom is -0.462 e. The van der Waals surface area contributed by atoms with Crippen molar-refractivity contribution in [3.8, 4) is 0 Å². The zero-order chi connectivity index (χ0) is 38.8. The van der Waals surface area contributed by atoms with E-state index in [-0.39, 0.29) is 30.1 Å². The number of carbonyl (C=O) groups excluding carboxylic acids is 2. The molecule has 0 radical (unpaired) electrons. The lowest BCUT2D eigenvalue weighted by Crippen LogP contribution is -2.50. The first-order valence-electron chi connectivity index (χ1n) is 21.1. The van der Waals surface area contributed by atoms with Crippen LogP contribution in [0.2, 0.25) is 0 Å². The molecule has 0 rings (SSSR count). The van der Waals surface area contributed by atoms with Crippen molar-refractivity contribution in [1.29, 1.82) is 0 Å². The van der Waals surface area contributed by atoms with Crippen molar-refractivity contribution < 1.29 is 42.1 Å². The molecule has 0 heterocycles. The molecule has 0 aliphatic heterocycles. The number of rotatable bonds is 37. The highest BCUT2D eigenvalue weighted by molar-refractivity contribution is 7.47. The van der Waals surface area contributed by atoms with E-state index in [1.807, 2.05) is 28.1 Å². The number of quaternary nitrogens is 1. The molecule has 0 bridgehead atoms. The molecule has 0 aliphatic carbocycles. The molecule has 0 saturated heterocycles. The summed E-state index contributed by atoms with van der Waals surface area (Å²) in [5, 5.41) is 0. The third-order valence-corrected chi connectivity index (χ3v) is 10.1. The molecule has 0 spiro atoms. The molecule has 10 heteroatoms. The summed E-state index contributed by atoms with van der Waals surface area (Å²) < 4.78 is 34.1. The second-order valence-electron chi connectivity index (χ2n) is 15.3. The van der Waals surface area contributed by atoms with Gasteiger partial charge in [0.2, 0.25) is 0 Å². The van der Waals surface area contributed by atoms with Gasteiger partial charge in [0.15, 0.2) is 0 Å². The Labute approximate surface area is 319 Å². The minimum absolute atomic E-state index is 0.0749. The van der Waals surface area contributed by atoms with E-state index in [0.717, 1.165) is 57.8 Å². The summed E-state index contributed by atoms with van der Waals surface area (Å²) in [7, 11) is 1.15. The van der Waals surface area contributed by atoms with Crippen LogP contribution < -0.4 is 0 Å². The first-order chi connectivity index (χ1) is 24.9. The topological polar surface area (TPSA) is 108 Å². The van der Waals surface area contributed by atoms with E-state index in [2.05, 4.69) is 38.2 Å². The van der Waals surface area contributed by atoms with E-state index in [1.54, 1.807) is 0 Å². The molecule has 306 valence electrons. The zero-order valence-corrected chi connectivity index (χ0v) is 35.4. The maximum absolute atomic E-state index is 13.2. The van der Waals surface area contributed by atoms with Gasteiger partial charge in [0, 0.05) is 6.42 Å². The summed E-state index contributed by atoms with van der Waals surface area (Å²) in [6, 6.07) is 0. The average molecular weight is 759 g/mol. The quantitative estimate of drug-likeness (QED) is 0.0167. The largest absolute Gasteiger partial charge is 0.472 e. The van der Waals surface area contributed by atoms with E-state index in [9.17, 15) is 19.0 Å². The maximum atomic E-state index is 13.2. The van der Waals surface area contributed by atoms with Crippen LogP contribution in [0.3, 0.4) is 0 Å². The normalized spacial score (nSPS) is 14.5. The molecule has 0 aromatic carbocycles. The van der Waals surface area contributed by atoms with E-state index in [0.29, 0.717) is 19.3 Å². The summed E-state index contributed by atoms with van der Waals surface area (Å²) in [4.78, 5) is 36.0. The molecular weight excluding hydrogens is 677 g/mol. The van der Waals surface area contributed by atoms with Gasteiger partial charge in [-0.1, -0.05) is 141 Å². The molecule has 0 aliphatic rings. The van der Waals surface area contributed by atoms with Gasteiger partial charge >= 0.3 is 19.8 Å². The van der Waals surface area contributed by atoms with Crippen molar-refractivity contribution in [2.75, 3.05) is 34.4 Å². The molecule has 52 heavy (non-hydrogen) atoms. The minimum atomic E-state index is -4.27. The molecule has 0 aromatic heterocycles. The smallest absolute Gasteiger partial charge is 0.462 e. The number of hydrogen-bond acceptors (Lipinski definition) is 7. The van der Waals surface area contributed by atoms with Crippen LogP contribution in [0.4, 0.5) is 0 Å². The average Bonchev–Trinajstić information content (AvgIpc) is 3.09. The monoisotopic (exact) mass is 759 g/mol. The van der Waals surface area contributed by atoms with Crippen molar-refractivity contribution in [2.24, 2.45) is 0 Å². The SMILES string of the molecule is CCCCC/C=C\C/C=C\CCCCCC(CC(=O)O[C@H](COP(=O)(O)OCCC)[N+](C)(C)C)OC(=O)CCCCCCCCCCCCCCC. The Morgan fingerprint density at radius 1 is 0.615 bits per heavy atom. The number of hydrogen-bond donors (Lipinski definition) is 1. The second kappa shape index (κ2) is 34.0. The molecule has 1 N–H and O–H groups in total. The fourth-order valence-corrected chi connectivity index (χ4v) is 6.57. The predicted octanol–water partition coefficient (Wildman–Crippen LogP) is 11.9. The maximum Gasteiger partial charge on any atom is 0.472 e. The van der Waals surface area contributed by atoms with E-state index >= 15 is 0 Å². The summed E-state index contributed by atoms with van der Waals surface area (Å²) >= 11 is 0. The fourth-order valence-electron chi connectivity index (χ4n) is 5.77. The number of allylic oxidation sites excluding steroid dienone is 4. The number of carbonyl (C=O) groups is 2. The Balaban J connectivity index is 4.83. The summed E-state index contributed by atoms with van der Waals surface area (Å²) in [5.74, 6) is -0.805. The number of esters is 2. The van der Waals surface area contributed by atoms with Gasteiger partial charge in [-0.15, -0.1) is 0 Å². The van der Waals surface area contributed by atoms with E-state index < -0.39 is 26.1 Å². The standard InChI is InChI=1S/C42H80NO8P/c1-7-10-12-14-16-18-20-22-24-26-28-30-32-34-39(37-42(45)51-40(43(4,5)6)38-49-52(46,47)48-36-9-3)50-41(44)35-33-31-29-27-25-23-21-19-17-15-13-11-8-2/h16,18,22,24,39-40H,7-15,17,19-21,23,25-38H2,1-6H3/p+1/b18-16-,24-22-/t39?,40-/m1/s1. The van der Waals surface area contributed by atoms with Crippen LogP contribution in [0.5, 0.6) is 0 Å². The highest BCUT2D eigenvalue weighted by Gasteiger charge is 2.33. The number of likely N-dealkylation sites (N-methyl/N-ethyl adjacent to an activating group) is 1. The van der Waals surface area contributed by atoms with Crippen LogP contribution in [0, 0.1) is 0 Å². The fraction of sp³-hybridized carbons (Fsp3) is 0.857. The summed E-state index contributed by atoms with van der Waals surface area (Å²) in [6.45, 7) is 6.08. The van der Waals surface area contributed by atoms with Gasteiger partial charge in [0.1, 0.15) is 12.7 Å². The van der Waals surface area contributed by atoms with Crippen LogP contribution >= 0.6 is 7.82 Å². The van der Waals surface area contributed by atoms with E-state index in [1.165, 1.54) is 83.5 Å². The Morgan fingerprint density at radius 3 is 1.65 bits per heavy atom. The lowest BCUT2D eigenvalue weighted by Gasteiger charge is -2.33. The number of phosphoric acid groups is 1. The molecule has 3 atom stereocenters. The van der Waals surface area contributed by atoms with Gasteiger partial charge < -0.3 is 14.4 Å². The van der Waals surface area contributed by atoms with Gasteiger partial charge in [-0.2, -0.15) is 0 Å². The Hall–Kier alpha value is -1.51. The predicted molar refractivity (Wildman–Crippen MR) is 215 cm³/mol. The first-order valence-corrected chi connectivity index (χ1v) is 22.6. The van der Waals surface area contributed by atoms with Crippen molar-refractivity contribution in [3.05, 3.63) is 24.3 Å². The number of nitrogens with zero attached hydrogens (tertiary/aromatic N) is 1. The third kappa shape index (κ3) is 33.1. The van der Waals surface area contributed by atoms with Gasteiger partial charge in [-0.3, -0.25) is 23.1 Å². The zero-order valence-electron chi connectivity index (χ0n) is 34.5. The van der Waals surface area contributed by atoms with Crippen molar-refractivity contribution >= 4 is 19.8 Å². The number of phosphoric ester groups is 1. The first kappa shape index (κ1) is 50.5. The molecule has 0 fully saturated rings. The van der Waals surface area contributed by atoms with Crippen molar-refractivity contribution in [3.63, 3.8) is 0 Å². The summed E-state index contributed by atoms with van der Waals surface area (Å²) in [5.41, 5.74) is 0. The van der Waals surface area contributed by atoms with Crippen LogP contribution in [-0.2, 0) is 32.7 Å². The molecular formula is C42H81NO8P+. The highest BCUT2D eigenvalue weighted by Crippen LogP contribution is 2.43. The highest BCUT2D eigenvalue weighted by atomic mass is 31.2. The van der Waals surface area contributed by atoms with Crippen LogP contribution in [0.15, 0.2) is 24.3 Å². The Kier molecular flexibility index (Phi) is 33.0. The molecule has 0 aromatic rings. The van der Waals surface area contributed by atoms with Gasteiger partial charge in [-0.25, -0.2) is 4.57 Å². The van der Waals surface area contributed by atoms with Crippen LogP contribution in [0.1, 0.15) is 188 Å². The molecule has 0 amide bonds.